The molecular weight excluding hydrogens is 549 g/mol. The Bertz CT molecular complexity index is 420. The number of benzene rings is 1. The van der Waals surface area contributed by atoms with Crippen LogP contribution in [0.4, 0.5) is 11.4 Å². The van der Waals surface area contributed by atoms with Crippen LogP contribution in [0, 0.1) is 10.7 Å². The van der Waals surface area contributed by atoms with Gasteiger partial charge in [-0.25, -0.2) is 0 Å². The second-order valence-electron chi connectivity index (χ2n) is 3.14. The number of aliphatic carboxylic acids is 1. The van der Waals surface area contributed by atoms with Crippen LogP contribution in [0.5, 0.6) is 0 Å². The maximum absolute atomic E-state index is 10.6. The Kier molecular flexibility index (Phi) is 5.35. The zero-order chi connectivity index (χ0) is 12.5. The summed E-state index contributed by atoms with van der Waals surface area (Å²) in [5, 5.41) is 8.68. The smallest absolute Gasteiger partial charge is 0.303 e. The number of halogens is 3. The summed E-state index contributed by atoms with van der Waals surface area (Å²) in [5.74, 6) is -0.817. The molecule has 0 saturated carbocycles. The molecule has 1 aromatic rings. The summed E-state index contributed by atoms with van der Waals surface area (Å²) in [5.41, 5.74) is 14.0. The highest BCUT2D eigenvalue weighted by Gasteiger charge is 2.17. The van der Waals surface area contributed by atoms with E-state index in [-0.39, 0.29) is 6.42 Å². The number of carboxylic acid groups (broad SMARTS) is 1. The number of rotatable bonds is 3. The number of nitrogen functional groups attached to an aromatic ring is 2. The summed E-state index contributed by atoms with van der Waals surface area (Å²) in [6, 6.07) is 0. The number of hydrogen-bond donors (Lipinski definition) is 3. The number of hydrogen-bond acceptors (Lipinski definition) is 3. The summed E-state index contributed by atoms with van der Waals surface area (Å²) >= 11 is 6.38. The van der Waals surface area contributed by atoms with Crippen molar-refractivity contribution in [3.63, 3.8) is 0 Å². The van der Waals surface area contributed by atoms with Gasteiger partial charge in [-0.15, -0.1) is 0 Å². The van der Waals surface area contributed by atoms with Gasteiger partial charge in [-0.05, 0) is 79.8 Å². The van der Waals surface area contributed by atoms with Crippen LogP contribution in [0.3, 0.4) is 0 Å². The molecule has 0 aromatic heterocycles. The van der Waals surface area contributed by atoms with E-state index in [4.69, 9.17) is 16.6 Å². The molecule has 1 aromatic carbocycles. The van der Waals surface area contributed by atoms with Crippen LogP contribution in [-0.4, -0.2) is 11.1 Å². The van der Waals surface area contributed by atoms with Crippen molar-refractivity contribution in [1.29, 1.82) is 0 Å². The number of carboxylic acids is 1. The molecule has 0 aliphatic heterocycles. The fourth-order valence-corrected chi connectivity index (χ4v) is 4.92. The van der Waals surface area contributed by atoms with Crippen LogP contribution in [0.25, 0.3) is 0 Å². The maximum atomic E-state index is 10.6. The standard InChI is InChI=1S/C9H9I3N2O2/c10-5-3(1-2-4(15)16)6(11)9(14)7(12)8(5)13/h1-2,13-14H2,(H,15,16). The fraction of sp³-hybridized carbons (Fsp3) is 0.222. The fourth-order valence-electron chi connectivity index (χ4n) is 1.21. The first-order valence-electron chi connectivity index (χ1n) is 4.28. The molecule has 1 rings (SSSR count). The third-order valence-electron chi connectivity index (χ3n) is 2.06. The van der Waals surface area contributed by atoms with Gasteiger partial charge in [0.1, 0.15) is 0 Å². The lowest BCUT2D eigenvalue weighted by Gasteiger charge is -2.14. The number of carbonyl (C=O) groups is 1. The molecule has 0 saturated heterocycles. The van der Waals surface area contributed by atoms with Crippen LogP contribution >= 0.6 is 67.8 Å². The SMILES string of the molecule is Nc1c(I)c(N)c(I)c(CCC(=O)O)c1I. The predicted molar refractivity (Wildman–Crippen MR) is 89.4 cm³/mol. The lowest BCUT2D eigenvalue weighted by atomic mass is 10.1. The monoisotopic (exact) mass is 558 g/mol. The molecule has 0 bridgehead atoms. The van der Waals surface area contributed by atoms with E-state index in [1.54, 1.807) is 0 Å². The minimum absolute atomic E-state index is 0.0888. The molecule has 7 heteroatoms. The molecule has 5 N–H and O–H groups in total. The average molecular weight is 558 g/mol. The molecule has 0 amide bonds. The van der Waals surface area contributed by atoms with E-state index in [0.29, 0.717) is 17.8 Å². The second-order valence-corrected chi connectivity index (χ2v) is 6.38. The molecule has 4 nitrogen and oxygen atoms in total. The lowest BCUT2D eigenvalue weighted by Crippen LogP contribution is -2.08. The van der Waals surface area contributed by atoms with E-state index < -0.39 is 5.97 Å². The summed E-state index contributed by atoms with van der Waals surface area (Å²) in [7, 11) is 0. The van der Waals surface area contributed by atoms with Gasteiger partial charge >= 0.3 is 5.97 Å². The van der Waals surface area contributed by atoms with E-state index in [1.807, 2.05) is 0 Å². The number of nitrogens with two attached hydrogens (primary N) is 2. The first-order chi connectivity index (χ1) is 7.36. The Hall–Kier alpha value is 0.480. The minimum Gasteiger partial charge on any atom is -0.481 e. The molecule has 0 aliphatic carbocycles. The Morgan fingerprint density at radius 3 is 1.88 bits per heavy atom. The normalized spacial score (nSPS) is 10.4. The number of anilines is 2. The molecule has 0 aliphatic rings. The Morgan fingerprint density at radius 2 is 1.50 bits per heavy atom. The van der Waals surface area contributed by atoms with E-state index in [0.717, 1.165) is 16.3 Å². The van der Waals surface area contributed by atoms with Gasteiger partial charge in [0.25, 0.3) is 0 Å². The molecule has 0 unspecified atom stereocenters. The maximum Gasteiger partial charge on any atom is 0.303 e. The second kappa shape index (κ2) is 5.89. The molecule has 0 atom stereocenters. The van der Waals surface area contributed by atoms with E-state index in [9.17, 15) is 4.79 Å². The van der Waals surface area contributed by atoms with Gasteiger partial charge in [0, 0.05) is 13.6 Å². The largest absolute Gasteiger partial charge is 0.481 e. The van der Waals surface area contributed by atoms with Gasteiger partial charge < -0.3 is 16.6 Å². The predicted octanol–water partition coefficient (Wildman–Crippen LogP) is 2.68. The van der Waals surface area contributed by atoms with Crippen LogP contribution in [0.15, 0.2) is 0 Å². The summed E-state index contributed by atoms with van der Waals surface area (Å²) in [4.78, 5) is 10.6. The van der Waals surface area contributed by atoms with Gasteiger partial charge in [-0.3, -0.25) is 4.79 Å². The van der Waals surface area contributed by atoms with Crippen LogP contribution in [0.2, 0.25) is 0 Å². The Balaban J connectivity index is 3.23. The third kappa shape index (κ3) is 3.03. The molecule has 0 spiro atoms. The Labute approximate surface area is 134 Å². The van der Waals surface area contributed by atoms with Crippen molar-refractivity contribution in [3.05, 3.63) is 16.3 Å². The molecule has 16 heavy (non-hydrogen) atoms. The Morgan fingerprint density at radius 1 is 1.06 bits per heavy atom. The topological polar surface area (TPSA) is 89.3 Å². The molecule has 88 valence electrons. The summed E-state index contributed by atoms with van der Waals surface area (Å²) in [6.45, 7) is 0. The summed E-state index contributed by atoms with van der Waals surface area (Å²) < 4.78 is 2.65. The van der Waals surface area contributed by atoms with Gasteiger partial charge in [0.2, 0.25) is 0 Å². The van der Waals surface area contributed by atoms with Crippen molar-refractivity contribution in [2.75, 3.05) is 11.5 Å². The molecule has 0 heterocycles. The van der Waals surface area contributed by atoms with Gasteiger partial charge in [0.05, 0.1) is 14.9 Å². The highest BCUT2D eigenvalue weighted by molar-refractivity contribution is 14.1. The first-order valence-corrected chi connectivity index (χ1v) is 7.52. The lowest BCUT2D eigenvalue weighted by molar-refractivity contribution is -0.136. The van der Waals surface area contributed by atoms with Crippen LogP contribution in [0.1, 0.15) is 12.0 Å². The van der Waals surface area contributed by atoms with Gasteiger partial charge in [-0.1, -0.05) is 0 Å². The average Bonchev–Trinajstić information content (AvgIpc) is 2.23. The third-order valence-corrected chi connectivity index (χ3v) is 5.69. The van der Waals surface area contributed by atoms with Crippen molar-refractivity contribution in [1.82, 2.24) is 0 Å². The zero-order valence-electron chi connectivity index (χ0n) is 8.06. The van der Waals surface area contributed by atoms with Crippen LogP contribution in [-0.2, 0) is 11.2 Å². The van der Waals surface area contributed by atoms with Crippen molar-refractivity contribution >= 4 is 85.1 Å². The van der Waals surface area contributed by atoms with Crippen molar-refractivity contribution < 1.29 is 9.90 Å². The molecule has 0 radical (unpaired) electrons. The van der Waals surface area contributed by atoms with Gasteiger partial charge in [0.15, 0.2) is 0 Å². The summed E-state index contributed by atoms with van der Waals surface area (Å²) in [6.07, 6.45) is 0.544. The van der Waals surface area contributed by atoms with E-state index in [1.165, 1.54) is 0 Å². The minimum atomic E-state index is -0.817. The highest BCUT2D eigenvalue weighted by Crippen LogP contribution is 2.35. The first kappa shape index (κ1) is 14.5. The molecular formula is C9H9I3N2O2. The van der Waals surface area contributed by atoms with Gasteiger partial charge in [-0.2, -0.15) is 0 Å². The van der Waals surface area contributed by atoms with E-state index >= 15 is 0 Å². The van der Waals surface area contributed by atoms with Crippen LogP contribution < -0.4 is 11.5 Å². The zero-order valence-corrected chi connectivity index (χ0v) is 14.5. The van der Waals surface area contributed by atoms with Crippen molar-refractivity contribution in [3.8, 4) is 0 Å². The van der Waals surface area contributed by atoms with E-state index in [2.05, 4.69) is 67.8 Å². The van der Waals surface area contributed by atoms with Crippen molar-refractivity contribution in [2.24, 2.45) is 0 Å². The van der Waals surface area contributed by atoms with Crippen molar-refractivity contribution in [2.45, 2.75) is 12.8 Å². The molecule has 0 fully saturated rings. The highest BCUT2D eigenvalue weighted by atomic mass is 127. The quantitative estimate of drug-likeness (QED) is 0.394.